The van der Waals surface area contributed by atoms with Gasteiger partial charge >= 0.3 is 11.4 Å². The highest BCUT2D eigenvalue weighted by Gasteiger charge is 2.34. The van der Waals surface area contributed by atoms with E-state index in [9.17, 15) is 30.3 Å². The molecule has 0 aliphatic carbocycles. The van der Waals surface area contributed by atoms with Crippen molar-refractivity contribution in [1.82, 2.24) is 0 Å². The number of nitro groups is 3. The summed E-state index contributed by atoms with van der Waals surface area (Å²) in [6, 6.07) is 15.4. The summed E-state index contributed by atoms with van der Waals surface area (Å²) in [7, 11) is 1.39. The van der Waals surface area contributed by atoms with Crippen LogP contribution in [-0.2, 0) is 0 Å². The molecular formula is C21H16BrN5O6. The maximum Gasteiger partial charge on any atom is 0.306 e. The number of non-ortho nitro benzene ring substituents is 1. The molecule has 0 heterocycles. The van der Waals surface area contributed by atoms with Crippen LogP contribution in [0.3, 0.4) is 0 Å². The number of amidine groups is 1. The molecule has 0 atom stereocenters. The number of nitro benzene ring substituents is 3. The third kappa shape index (κ3) is 5.18. The number of aliphatic imine (C=N–C) groups is 1. The highest BCUT2D eigenvalue weighted by Crippen LogP contribution is 2.41. The molecule has 0 amide bonds. The summed E-state index contributed by atoms with van der Waals surface area (Å²) >= 11 is 3.34. The van der Waals surface area contributed by atoms with E-state index in [-0.39, 0.29) is 5.84 Å². The van der Waals surface area contributed by atoms with Crippen molar-refractivity contribution in [3.8, 4) is 0 Å². The smallest absolute Gasteiger partial charge is 0.306 e. The Morgan fingerprint density at radius 3 is 1.82 bits per heavy atom. The van der Waals surface area contributed by atoms with Gasteiger partial charge in [-0.15, -0.1) is 0 Å². The molecule has 0 aromatic heterocycles. The molecule has 0 aliphatic heterocycles. The van der Waals surface area contributed by atoms with Crippen molar-refractivity contribution >= 4 is 50.2 Å². The van der Waals surface area contributed by atoms with E-state index in [1.54, 1.807) is 36.4 Å². The summed E-state index contributed by atoms with van der Waals surface area (Å²) in [6.07, 6.45) is 0. The molecule has 168 valence electrons. The number of rotatable bonds is 6. The van der Waals surface area contributed by atoms with Crippen LogP contribution < -0.4 is 4.90 Å². The van der Waals surface area contributed by atoms with E-state index in [0.717, 1.165) is 10.0 Å². The molecule has 3 aromatic carbocycles. The second-order valence-electron chi connectivity index (χ2n) is 6.94. The van der Waals surface area contributed by atoms with Gasteiger partial charge in [0.25, 0.3) is 5.69 Å². The first-order valence-corrected chi connectivity index (χ1v) is 10.1. The molecule has 0 saturated heterocycles. The number of aryl methyl sites for hydroxylation is 1. The summed E-state index contributed by atoms with van der Waals surface area (Å²) in [5.74, 6) is 0.173. The van der Waals surface area contributed by atoms with Crippen LogP contribution in [0.1, 0.15) is 11.1 Å². The molecule has 0 aliphatic rings. The highest BCUT2D eigenvalue weighted by atomic mass is 79.9. The van der Waals surface area contributed by atoms with E-state index in [2.05, 4.69) is 20.9 Å². The Morgan fingerprint density at radius 2 is 1.36 bits per heavy atom. The lowest BCUT2D eigenvalue weighted by Crippen LogP contribution is -2.28. The predicted molar refractivity (Wildman–Crippen MR) is 126 cm³/mol. The van der Waals surface area contributed by atoms with E-state index in [4.69, 9.17) is 0 Å². The van der Waals surface area contributed by atoms with Crippen LogP contribution in [-0.4, -0.2) is 27.7 Å². The van der Waals surface area contributed by atoms with Crippen molar-refractivity contribution in [1.29, 1.82) is 0 Å². The monoisotopic (exact) mass is 513 g/mol. The first kappa shape index (κ1) is 23.5. The molecule has 0 bridgehead atoms. The molecule has 0 unspecified atom stereocenters. The Labute approximate surface area is 195 Å². The van der Waals surface area contributed by atoms with E-state index in [0.29, 0.717) is 23.4 Å². The molecule has 12 heteroatoms. The van der Waals surface area contributed by atoms with Crippen LogP contribution in [0.15, 0.2) is 70.1 Å². The number of hydrogen-bond acceptors (Lipinski definition) is 7. The van der Waals surface area contributed by atoms with Crippen molar-refractivity contribution in [2.24, 2.45) is 4.99 Å². The molecule has 0 N–H and O–H groups in total. The minimum Gasteiger partial charge on any atom is -0.318 e. The Bertz CT molecular complexity index is 1240. The first-order valence-electron chi connectivity index (χ1n) is 9.34. The van der Waals surface area contributed by atoms with Gasteiger partial charge in [-0.25, -0.2) is 4.99 Å². The van der Waals surface area contributed by atoms with Crippen molar-refractivity contribution in [2.45, 2.75) is 6.92 Å². The molecule has 0 saturated carbocycles. The fourth-order valence-corrected chi connectivity index (χ4v) is 3.36. The van der Waals surface area contributed by atoms with Gasteiger partial charge in [0.05, 0.1) is 32.6 Å². The molecule has 33 heavy (non-hydrogen) atoms. The van der Waals surface area contributed by atoms with E-state index >= 15 is 0 Å². The van der Waals surface area contributed by atoms with Gasteiger partial charge in [0.2, 0.25) is 5.69 Å². The third-order valence-corrected chi connectivity index (χ3v) is 5.21. The van der Waals surface area contributed by atoms with Crippen LogP contribution in [0.2, 0.25) is 0 Å². The van der Waals surface area contributed by atoms with Crippen LogP contribution in [0.25, 0.3) is 0 Å². The molecule has 11 nitrogen and oxygen atoms in total. The van der Waals surface area contributed by atoms with Gasteiger partial charge in [-0.2, -0.15) is 0 Å². The second kappa shape index (κ2) is 9.53. The van der Waals surface area contributed by atoms with Crippen molar-refractivity contribution < 1.29 is 14.8 Å². The standard InChI is InChI=1S/C21H16BrN5O6/c1-13-3-9-16(10-4-13)23-21(14-5-7-15(22)8-6-14)24(2)20-18(26(30)31)11-17(25(28)29)12-19(20)27(32)33/h3-12H,1-2H3. The molecule has 0 fully saturated rings. The van der Waals surface area contributed by atoms with E-state index in [1.165, 1.54) is 11.9 Å². The quantitative estimate of drug-likeness (QED) is 0.178. The Kier molecular flexibility index (Phi) is 6.78. The minimum absolute atomic E-state index is 0.173. The van der Waals surface area contributed by atoms with Gasteiger partial charge in [-0.05, 0) is 31.2 Å². The molecule has 3 aromatic rings. The lowest BCUT2D eigenvalue weighted by Gasteiger charge is -2.21. The Balaban J connectivity index is 2.30. The predicted octanol–water partition coefficient (Wildman–Crippen LogP) is 5.70. The van der Waals surface area contributed by atoms with Crippen LogP contribution in [0, 0.1) is 37.3 Å². The summed E-state index contributed by atoms with van der Waals surface area (Å²) in [6.45, 7) is 1.90. The third-order valence-electron chi connectivity index (χ3n) is 4.68. The van der Waals surface area contributed by atoms with Gasteiger partial charge in [0.15, 0.2) is 0 Å². The number of hydrogen-bond donors (Lipinski definition) is 0. The summed E-state index contributed by atoms with van der Waals surface area (Å²) in [4.78, 5) is 37.8. The summed E-state index contributed by atoms with van der Waals surface area (Å²) in [5, 5.41) is 34.7. The Hall–Kier alpha value is -4.19. The topological polar surface area (TPSA) is 145 Å². The average molecular weight is 514 g/mol. The number of anilines is 1. The lowest BCUT2D eigenvalue weighted by atomic mass is 10.1. The molecular weight excluding hydrogens is 498 g/mol. The number of nitrogens with zero attached hydrogens (tertiary/aromatic N) is 5. The molecule has 0 spiro atoms. The normalized spacial score (nSPS) is 11.2. The zero-order valence-corrected chi connectivity index (χ0v) is 18.9. The SMILES string of the molecule is Cc1ccc(N=C(c2ccc(Br)cc2)N(C)c2c([N+](=O)[O-])cc([N+](=O)[O-])cc2[N+](=O)[O-])cc1. The minimum atomic E-state index is -0.917. The number of halogens is 1. The van der Waals surface area contributed by atoms with Gasteiger partial charge in [-0.1, -0.05) is 45.8 Å². The van der Waals surface area contributed by atoms with Gasteiger partial charge in [0.1, 0.15) is 5.84 Å². The molecule has 3 rings (SSSR count). The molecule has 0 radical (unpaired) electrons. The van der Waals surface area contributed by atoms with Gasteiger partial charge in [-0.3, -0.25) is 30.3 Å². The van der Waals surface area contributed by atoms with Crippen molar-refractivity contribution in [3.05, 3.63) is 107 Å². The average Bonchev–Trinajstić information content (AvgIpc) is 2.78. The summed E-state index contributed by atoms with van der Waals surface area (Å²) in [5.41, 5.74) is -0.732. The van der Waals surface area contributed by atoms with Crippen LogP contribution in [0.5, 0.6) is 0 Å². The zero-order valence-electron chi connectivity index (χ0n) is 17.3. The largest absolute Gasteiger partial charge is 0.318 e. The highest BCUT2D eigenvalue weighted by molar-refractivity contribution is 9.10. The number of benzene rings is 3. The Morgan fingerprint density at radius 1 is 0.848 bits per heavy atom. The maximum atomic E-state index is 11.8. The van der Waals surface area contributed by atoms with Gasteiger partial charge < -0.3 is 4.90 Å². The van der Waals surface area contributed by atoms with Crippen molar-refractivity contribution in [2.75, 3.05) is 11.9 Å². The van der Waals surface area contributed by atoms with E-state index in [1.807, 2.05) is 19.1 Å². The lowest BCUT2D eigenvalue weighted by molar-refractivity contribution is -0.402. The fourth-order valence-electron chi connectivity index (χ4n) is 3.10. The fraction of sp³-hybridized carbons (Fsp3) is 0.0952. The van der Waals surface area contributed by atoms with Gasteiger partial charge in [0, 0.05) is 17.1 Å². The first-order chi connectivity index (χ1) is 15.6. The maximum absolute atomic E-state index is 11.8. The zero-order chi connectivity index (χ0) is 24.3. The summed E-state index contributed by atoms with van der Waals surface area (Å²) < 4.78 is 0.774. The van der Waals surface area contributed by atoms with Crippen LogP contribution in [0.4, 0.5) is 28.4 Å². The van der Waals surface area contributed by atoms with Crippen molar-refractivity contribution in [3.63, 3.8) is 0 Å². The van der Waals surface area contributed by atoms with E-state index < -0.39 is 37.5 Å². The second-order valence-corrected chi connectivity index (χ2v) is 7.86. The van der Waals surface area contributed by atoms with Crippen LogP contribution >= 0.6 is 15.9 Å².